The number of nitrogens with zero attached hydrogens (tertiary/aromatic N) is 1. The first-order chi connectivity index (χ1) is 11.8. The number of carbonyl (C=O) groups is 1. The van der Waals surface area contributed by atoms with Gasteiger partial charge in [0.25, 0.3) is 15.9 Å². The van der Waals surface area contributed by atoms with Crippen molar-refractivity contribution < 1.29 is 17.7 Å². The highest BCUT2D eigenvalue weighted by Crippen LogP contribution is 2.27. The summed E-state index contributed by atoms with van der Waals surface area (Å²) in [6.07, 6.45) is 0. The second kappa shape index (κ2) is 6.98. The Balaban J connectivity index is 1.70. The van der Waals surface area contributed by atoms with Crippen molar-refractivity contribution in [2.45, 2.75) is 11.1 Å². The molecule has 0 bridgehead atoms. The lowest BCUT2D eigenvalue weighted by Crippen LogP contribution is -2.13. The summed E-state index contributed by atoms with van der Waals surface area (Å²) in [6, 6.07) is 10.8. The standard InChI is InChI=1S/C15H12BrN3O4S2/c1-9-8-13(18-23-9)17-15(20)10-2-4-11(5-3-10)19-25(21,22)14-7-6-12(16)24-14/h2-8,19H,1H3,(H,17,18,20). The third-order valence-electron chi connectivity index (χ3n) is 3.08. The molecule has 1 amide bonds. The van der Waals surface area contributed by atoms with E-state index in [-0.39, 0.29) is 10.1 Å². The Kier molecular flexibility index (Phi) is 4.93. The van der Waals surface area contributed by atoms with Crippen molar-refractivity contribution >= 4 is 54.7 Å². The molecule has 0 atom stereocenters. The van der Waals surface area contributed by atoms with E-state index in [1.807, 2.05) is 0 Å². The van der Waals surface area contributed by atoms with Gasteiger partial charge in [-0.15, -0.1) is 11.3 Å². The summed E-state index contributed by atoms with van der Waals surface area (Å²) in [6.45, 7) is 1.72. The van der Waals surface area contributed by atoms with Gasteiger partial charge in [-0.1, -0.05) is 5.16 Å². The molecule has 0 spiro atoms. The normalized spacial score (nSPS) is 11.3. The summed E-state index contributed by atoms with van der Waals surface area (Å²) in [5, 5.41) is 6.27. The van der Waals surface area contributed by atoms with Gasteiger partial charge in [-0.05, 0) is 59.3 Å². The molecule has 0 saturated heterocycles. The van der Waals surface area contributed by atoms with E-state index in [9.17, 15) is 13.2 Å². The number of amides is 1. The average Bonchev–Trinajstić information content (AvgIpc) is 3.16. The molecule has 2 aromatic heterocycles. The molecule has 0 aliphatic heterocycles. The zero-order valence-electron chi connectivity index (χ0n) is 12.8. The van der Waals surface area contributed by atoms with E-state index in [4.69, 9.17) is 4.52 Å². The van der Waals surface area contributed by atoms with Crippen LogP contribution in [0.2, 0.25) is 0 Å². The Morgan fingerprint density at radius 3 is 2.48 bits per heavy atom. The minimum Gasteiger partial charge on any atom is -0.360 e. The fourth-order valence-electron chi connectivity index (χ4n) is 1.95. The number of aromatic nitrogens is 1. The molecular formula is C15H12BrN3O4S2. The Labute approximate surface area is 156 Å². The zero-order valence-corrected chi connectivity index (χ0v) is 16.0. The molecule has 0 aliphatic carbocycles. The maximum atomic E-state index is 12.3. The first-order valence-corrected chi connectivity index (χ1v) is 10.1. The van der Waals surface area contributed by atoms with E-state index >= 15 is 0 Å². The molecule has 1 aromatic carbocycles. The SMILES string of the molecule is Cc1cc(NC(=O)c2ccc(NS(=O)(=O)c3ccc(Br)s3)cc2)no1. The van der Waals surface area contributed by atoms with Crippen LogP contribution >= 0.6 is 27.3 Å². The molecule has 3 aromatic rings. The fraction of sp³-hybridized carbons (Fsp3) is 0.0667. The van der Waals surface area contributed by atoms with Crippen LogP contribution < -0.4 is 10.0 Å². The number of anilines is 2. The average molecular weight is 442 g/mol. The Morgan fingerprint density at radius 1 is 1.20 bits per heavy atom. The number of aryl methyl sites for hydroxylation is 1. The zero-order chi connectivity index (χ0) is 18.0. The minimum absolute atomic E-state index is 0.197. The van der Waals surface area contributed by atoms with Crippen molar-refractivity contribution in [3.05, 3.63) is 57.6 Å². The molecule has 2 heterocycles. The summed E-state index contributed by atoms with van der Waals surface area (Å²) in [5.41, 5.74) is 0.723. The maximum Gasteiger partial charge on any atom is 0.271 e. The van der Waals surface area contributed by atoms with Crippen LogP contribution in [0, 0.1) is 6.92 Å². The highest BCUT2D eigenvalue weighted by Gasteiger charge is 2.17. The van der Waals surface area contributed by atoms with E-state index in [0.29, 0.717) is 22.8 Å². The van der Waals surface area contributed by atoms with Crippen LogP contribution in [-0.2, 0) is 10.0 Å². The maximum absolute atomic E-state index is 12.3. The van der Waals surface area contributed by atoms with Gasteiger partial charge in [0, 0.05) is 17.3 Å². The van der Waals surface area contributed by atoms with Crippen LogP contribution in [0.25, 0.3) is 0 Å². The molecule has 10 heteroatoms. The minimum atomic E-state index is -3.66. The molecule has 3 rings (SSSR count). The number of nitrogens with one attached hydrogen (secondary N) is 2. The monoisotopic (exact) mass is 441 g/mol. The molecule has 25 heavy (non-hydrogen) atoms. The number of halogens is 1. The highest BCUT2D eigenvalue weighted by molar-refractivity contribution is 9.11. The van der Waals surface area contributed by atoms with Gasteiger partial charge in [0.05, 0.1) is 3.79 Å². The number of hydrogen-bond donors (Lipinski definition) is 2. The largest absolute Gasteiger partial charge is 0.360 e. The van der Waals surface area contributed by atoms with E-state index < -0.39 is 10.0 Å². The van der Waals surface area contributed by atoms with Gasteiger partial charge in [-0.25, -0.2) is 8.42 Å². The number of hydrogen-bond acceptors (Lipinski definition) is 6. The van der Waals surface area contributed by atoms with Gasteiger partial charge in [0.2, 0.25) is 0 Å². The van der Waals surface area contributed by atoms with Gasteiger partial charge in [-0.3, -0.25) is 9.52 Å². The van der Waals surface area contributed by atoms with Crippen LogP contribution in [-0.4, -0.2) is 19.5 Å². The van der Waals surface area contributed by atoms with E-state index in [2.05, 4.69) is 31.1 Å². The highest BCUT2D eigenvalue weighted by atomic mass is 79.9. The predicted octanol–water partition coefficient (Wildman–Crippen LogP) is 3.86. The molecule has 0 aliphatic rings. The van der Waals surface area contributed by atoms with E-state index in [1.54, 1.807) is 19.1 Å². The van der Waals surface area contributed by atoms with Gasteiger partial charge < -0.3 is 9.84 Å². The van der Waals surface area contributed by atoms with Crippen molar-refractivity contribution in [2.75, 3.05) is 10.0 Å². The van der Waals surface area contributed by atoms with Gasteiger partial charge in [-0.2, -0.15) is 0 Å². The first kappa shape index (κ1) is 17.6. The van der Waals surface area contributed by atoms with Crippen molar-refractivity contribution in [3.8, 4) is 0 Å². The number of sulfonamides is 1. The smallest absolute Gasteiger partial charge is 0.271 e. The molecule has 0 saturated carbocycles. The number of carbonyl (C=O) groups excluding carboxylic acids is 1. The van der Waals surface area contributed by atoms with E-state index in [0.717, 1.165) is 15.1 Å². The molecule has 2 N–H and O–H groups in total. The first-order valence-electron chi connectivity index (χ1n) is 6.96. The van der Waals surface area contributed by atoms with Crippen LogP contribution in [0.1, 0.15) is 16.1 Å². The second-order valence-corrected chi connectivity index (χ2v) is 9.39. The lowest BCUT2D eigenvalue weighted by atomic mass is 10.2. The summed E-state index contributed by atoms with van der Waals surface area (Å²) in [4.78, 5) is 12.1. The lowest BCUT2D eigenvalue weighted by Gasteiger charge is -2.07. The Morgan fingerprint density at radius 2 is 1.92 bits per heavy atom. The molecule has 0 radical (unpaired) electrons. The third kappa shape index (κ3) is 4.27. The van der Waals surface area contributed by atoms with Crippen molar-refractivity contribution in [1.82, 2.24) is 5.16 Å². The lowest BCUT2D eigenvalue weighted by molar-refractivity contribution is 0.102. The molecule has 0 unspecified atom stereocenters. The Hall–Kier alpha value is -2.17. The van der Waals surface area contributed by atoms with Crippen LogP contribution in [0.5, 0.6) is 0 Å². The predicted molar refractivity (Wildman–Crippen MR) is 98.5 cm³/mol. The van der Waals surface area contributed by atoms with Crippen LogP contribution in [0.4, 0.5) is 11.5 Å². The van der Waals surface area contributed by atoms with Gasteiger partial charge >= 0.3 is 0 Å². The van der Waals surface area contributed by atoms with Crippen LogP contribution in [0.3, 0.4) is 0 Å². The Bertz CT molecular complexity index is 1010. The molecule has 0 fully saturated rings. The molecular weight excluding hydrogens is 430 g/mol. The third-order valence-corrected chi connectivity index (χ3v) is 6.58. The quantitative estimate of drug-likeness (QED) is 0.625. The van der Waals surface area contributed by atoms with Crippen molar-refractivity contribution in [1.29, 1.82) is 0 Å². The summed E-state index contributed by atoms with van der Waals surface area (Å²) >= 11 is 4.35. The van der Waals surface area contributed by atoms with Crippen molar-refractivity contribution in [2.24, 2.45) is 0 Å². The van der Waals surface area contributed by atoms with Crippen molar-refractivity contribution in [3.63, 3.8) is 0 Å². The van der Waals surface area contributed by atoms with E-state index in [1.165, 1.54) is 30.3 Å². The summed E-state index contributed by atoms with van der Waals surface area (Å²) in [5.74, 6) is 0.528. The summed E-state index contributed by atoms with van der Waals surface area (Å²) in [7, 11) is -3.66. The van der Waals surface area contributed by atoms with Gasteiger partial charge in [0.1, 0.15) is 9.97 Å². The molecule has 130 valence electrons. The fourth-order valence-corrected chi connectivity index (χ4v) is 5.02. The van der Waals surface area contributed by atoms with Crippen LogP contribution in [0.15, 0.2) is 55.0 Å². The topological polar surface area (TPSA) is 101 Å². The second-order valence-electron chi connectivity index (χ2n) is 5.02. The van der Waals surface area contributed by atoms with Gasteiger partial charge in [0.15, 0.2) is 5.82 Å². The summed E-state index contributed by atoms with van der Waals surface area (Å²) < 4.78 is 32.8. The molecule has 7 nitrogen and oxygen atoms in total. The number of thiophene rings is 1. The number of rotatable bonds is 5. The number of benzene rings is 1.